The van der Waals surface area contributed by atoms with Gasteiger partial charge in [0.25, 0.3) is 0 Å². The minimum absolute atomic E-state index is 0.182. The van der Waals surface area contributed by atoms with Crippen LogP contribution >= 0.6 is 0 Å². The van der Waals surface area contributed by atoms with Gasteiger partial charge in [0.1, 0.15) is 0 Å². The van der Waals surface area contributed by atoms with E-state index in [2.05, 4.69) is 28.5 Å². The van der Waals surface area contributed by atoms with Gasteiger partial charge in [-0.1, -0.05) is 6.92 Å². The molecule has 3 rings (SSSR count). The summed E-state index contributed by atoms with van der Waals surface area (Å²) in [4.78, 5) is 32.9. The first-order valence-electron chi connectivity index (χ1n) is 9.51. The van der Waals surface area contributed by atoms with Crippen LogP contribution in [0.3, 0.4) is 0 Å². The molecule has 3 fully saturated rings. The Morgan fingerprint density at radius 1 is 1.08 bits per heavy atom. The van der Waals surface area contributed by atoms with Crippen LogP contribution in [0, 0.1) is 5.92 Å². The molecule has 1 aliphatic carbocycles. The molecule has 2 aliphatic heterocycles. The summed E-state index contributed by atoms with van der Waals surface area (Å²) < 4.78 is 0. The molecule has 0 bridgehead atoms. The molecule has 2 amide bonds. The van der Waals surface area contributed by atoms with Crippen molar-refractivity contribution in [2.24, 2.45) is 5.92 Å². The van der Waals surface area contributed by atoms with Gasteiger partial charge in [0.05, 0.1) is 6.54 Å². The standard InChI is InChI=1S/C18H32N4O2/c1-4-22(16-5-6-16)18(24)13-19-11-14(2)17(12-19)21-9-7-20(8-10-21)15(3)23/h14,16-17H,4-13H2,1-3H3/t14-,17+/m1/s1. The number of nitrogens with zero attached hydrogens (tertiary/aromatic N) is 4. The van der Waals surface area contributed by atoms with Gasteiger partial charge in [-0.15, -0.1) is 0 Å². The lowest BCUT2D eigenvalue weighted by Crippen LogP contribution is -2.53. The molecule has 3 aliphatic rings. The van der Waals surface area contributed by atoms with Crippen LogP contribution in [-0.4, -0.2) is 95.9 Å². The fourth-order valence-corrected chi connectivity index (χ4v) is 4.33. The summed E-state index contributed by atoms with van der Waals surface area (Å²) >= 11 is 0. The van der Waals surface area contributed by atoms with Crippen molar-refractivity contribution in [2.45, 2.75) is 45.7 Å². The zero-order valence-corrected chi connectivity index (χ0v) is 15.4. The number of hydrogen-bond acceptors (Lipinski definition) is 4. The number of carbonyl (C=O) groups excluding carboxylic acids is 2. The monoisotopic (exact) mass is 336 g/mol. The SMILES string of the molecule is CCN(C(=O)CN1C[C@@H](C)[C@@H](N2CCN(C(C)=O)CC2)C1)C1CC1. The Hall–Kier alpha value is -1.14. The van der Waals surface area contributed by atoms with Crippen molar-refractivity contribution in [3.8, 4) is 0 Å². The lowest BCUT2D eigenvalue weighted by molar-refractivity contribution is -0.133. The van der Waals surface area contributed by atoms with Crippen molar-refractivity contribution >= 4 is 11.8 Å². The molecule has 136 valence electrons. The quantitative estimate of drug-likeness (QED) is 0.733. The van der Waals surface area contributed by atoms with Crippen LogP contribution in [0.2, 0.25) is 0 Å². The summed E-state index contributed by atoms with van der Waals surface area (Å²) in [5, 5.41) is 0. The van der Waals surface area contributed by atoms with E-state index in [9.17, 15) is 9.59 Å². The number of piperazine rings is 1. The van der Waals surface area contributed by atoms with Gasteiger partial charge < -0.3 is 9.80 Å². The number of likely N-dealkylation sites (N-methyl/N-ethyl adjacent to an activating group) is 1. The molecule has 0 unspecified atom stereocenters. The van der Waals surface area contributed by atoms with E-state index >= 15 is 0 Å². The largest absolute Gasteiger partial charge is 0.340 e. The fourth-order valence-electron chi connectivity index (χ4n) is 4.33. The van der Waals surface area contributed by atoms with Crippen LogP contribution in [0.15, 0.2) is 0 Å². The second-order valence-electron chi connectivity index (χ2n) is 7.69. The van der Waals surface area contributed by atoms with Crippen molar-refractivity contribution in [3.63, 3.8) is 0 Å². The third-order valence-electron chi connectivity index (χ3n) is 5.88. The zero-order valence-electron chi connectivity index (χ0n) is 15.4. The Morgan fingerprint density at radius 2 is 1.75 bits per heavy atom. The maximum atomic E-state index is 12.5. The first-order chi connectivity index (χ1) is 11.5. The van der Waals surface area contributed by atoms with Gasteiger partial charge in [0.15, 0.2) is 0 Å². The topological polar surface area (TPSA) is 47.1 Å². The highest BCUT2D eigenvalue weighted by Gasteiger charge is 2.38. The fraction of sp³-hybridized carbons (Fsp3) is 0.889. The van der Waals surface area contributed by atoms with Crippen LogP contribution in [-0.2, 0) is 9.59 Å². The number of rotatable bonds is 5. The number of amides is 2. The van der Waals surface area contributed by atoms with Crippen LogP contribution in [0.5, 0.6) is 0 Å². The number of hydrogen-bond donors (Lipinski definition) is 0. The minimum atomic E-state index is 0.182. The van der Waals surface area contributed by atoms with Gasteiger partial charge in [0, 0.05) is 64.8 Å². The van der Waals surface area contributed by atoms with Crippen molar-refractivity contribution in [3.05, 3.63) is 0 Å². The normalized spacial score (nSPS) is 29.0. The zero-order chi connectivity index (χ0) is 17.3. The molecule has 0 spiro atoms. The van der Waals surface area contributed by atoms with Crippen molar-refractivity contribution in [1.82, 2.24) is 19.6 Å². The van der Waals surface area contributed by atoms with E-state index in [1.165, 1.54) is 12.8 Å². The van der Waals surface area contributed by atoms with Gasteiger partial charge in [-0.05, 0) is 25.7 Å². The molecule has 0 N–H and O–H groups in total. The average molecular weight is 336 g/mol. The summed E-state index contributed by atoms with van der Waals surface area (Å²) in [6, 6.07) is 1.03. The summed E-state index contributed by atoms with van der Waals surface area (Å²) in [5.74, 6) is 1.06. The van der Waals surface area contributed by atoms with Crippen LogP contribution in [0.25, 0.3) is 0 Å². The molecule has 0 aromatic heterocycles. The third-order valence-corrected chi connectivity index (χ3v) is 5.88. The predicted octanol–water partition coefficient (Wildman–Crippen LogP) is 0.482. The smallest absolute Gasteiger partial charge is 0.236 e. The molecule has 0 aromatic rings. The summed E-state index contributed by atoms with van der Waals surface area (Å²) in [5.41, 5.74) is 0. The highest BCUT2D eigenvalue weighted by molar-refractivity contribution is 5.79. The third kappa shape index (κ3) is 3.91. The van der Waals surface area contributed by atoms with Crippen molar-refractivity contribution < 1.29 is 9.59 Å². The molecule has 24 heavy (non-hydrogen) atoms. The highest BCUT2D eigenvalue weighted by Crippen LogP contribution is 2.28. The number of likely N-dealkylation sites (tertiary alicyclic amines) is 1. The van der Waals surface area contributed by atoms with E-state index in [0.29, 0.717) is 30.5 Å². The summed E-state index contributed by atoms with van der Waals surface area (Å²) in [6.07, 6.45) is 2.36. The second-order valence-corrected chi connectivity index (χ2v) is 7.69. The molecule has 2 saturated heterocycles. The maximum absolute atomic E-state index is 12.5. The Morgan fingerprint density at radius 3 is 2.29 bits per heavy atom. The van der Waals surface area contributed by atoms with Crippen molar-refractivity contribution in [1.29, 1.82) is 0 Å². The molecule has 6 nitrogen and oxygen atoms in total. The van der Waals surface area contributed by atoms with Gasteiger partial charge in [-0.3, -0.25) is 19.4 Å². The van der Waals surface area contributed by atoms with Crippen molar-refractivity contribution in [2.75, 3.05) is 52.4 Å². The van der Waals surface area contributed by atoms with E-state index in [1.807, 2.05) is 4.90 Å². The summed E-state index contributed by atoms with van der Waals surface area (Å²) in [6.45, 7) is 13.0. The number of carbonyl (C=O) groups is 2. The Labute approximate surface area is 145 Å². The lowest BCUT2D eigenvalue weighted by Gasteiger charge is -2.39. The van der Waals surface area contributed by atoms with Crippen LogP contribution in [0.1, 0.15) is 33.6 Å². The van der Waals surface area contributed by atoms with Crippen LogP contribution < -0.4 is 0 Å². The Bertz CT molecular complexity index is 472. The first-order valence-corrected chi connectivity index (χ1v) is 9.51. The lowest BCUT2D eigenvalue weighted by atomic mass is 10.0. The van der Waals surface area contributed by atoms with E-state index in [0.717, 1.165) is 45.8 Å². The maximum Gasteiger partial charge on any atom is 0.236 e. The van der Waals surface area contributed by atoms with Crippen LogP contribution in [0.4, 0.5) is 0 Å². The first kappa shape index (κ1) is 17.7. The van der Waals surface area contributed by atoms with Gasteiger partial charge >= 0.3 is 0 Å². The molecular weight excluding hydrogens is 304 g/mol. The molecule has 2 atom stereocenters. The molecule has 0 aromatic carbocycles. The van der Waals surface area contributed by atoms with Gasteiger partial charge in [-0.2, -0.15) is 0 Å². The average Bonchev–Trinajstić information content (AvgIpc) is 3.31. The second kappa shape index (κ2) is 7.40. The highest BCUT2D eigenvalue weighted by atomic mass is 16.2. The summed E-state index contributed by atoms with van der Waals surface area (Å²) in [7, 11) is 0. The van der Waals surface area contributed by atoms with Gasteiger partial charge in [-0.25, -0.2) is 0 Å². The Balaban J connectivity index is 1.49. The predicted molar refractivity (Wildman–Crippen MR) is 93.6 cm³/mol. The van der Waals surface area contributed by atoms with E-state index < -0.39 is 0 Å². The van der Waals surface area contributed by atoms with E-state index in [4.69, 9.17) is 0 Å². The molecule has 2 heterocycles. The Kier molecular flexibility index (Phi) is 5.45. The molecule has 0 radical (unpaired) electrons. The molecular formula is C18H32N4O2. The van der Waals surface area contributed by atoms with Gasteiger partial charge in [0.2, 0.25) is 11.8 Å². The van der Waals surface area contributed by atoms with E-state index in [1.54, 1.807) is 6.92 Å². The van der Waals surface area contributed by atoms with E-state index in [-0.39, 0.29) is 5.91 Å². The molecule has 1 saturated carbocycles. The minimum Gasteiger partial charge on any atom is -0.340 e. The molecule has 6 heteroatoms.